The lowest BCUT2D eigenvalue weighted by atomic mass is 10.0. The monoisotopic (exact) mass is 271 g/mol. The molecule has 1 heterocycles. The summed E-state index contributed by atoms with van der Waals surface area (Å²) in [5.74, 6) is 0. The van der Waals surface area contributed by atoms with Crippen molar-refractivity contribution >= 4 is 0 Å². The SMILES string of the molecule is CCCCn1nc(C)cc(C(N)c2ccccc2)c1=O. The molecular weight excluding hydrogens is 250 g/mol. The Morgan fingerprint density at radius 2 is 2.00 bits per heavy atom. The summed E-state index contributed by atoms with van der Waals surface area (Å²) in [5.41, 5.74) is 8.53. The smallest absolute Gasteiger partial charge is 0.271 e. The van der Waals surface area contributed by atoms with Crippen LogP contribution in [0.15, 0.2) is 41.2 Å². The van der Waals surface area contributed by atoms with Gasteiger partial charge >= 0.3 is 0 Å². The highest BCUT2D eigenvalue weighted by molar-refractivity contribution is 5.30. The van der Waals surface area contributed by atoms with Crippen LogP contribution in [-0.2, 0) is 6.54 Å². The summed E-state index contributed by atoms with van der Waals surface area (Å²) in [4.78, 5) is 12.5. The average Bonchev–Trinajstić information content (AvgIpc) is 2.48. The van der Waals surface area contributed by atoms with Gasteiger partial charge in [-0.25, -0.2) is 4.68 Å². The van der Waals surface area contributed by atoms with E-state index in [-0.39, 0.29) is 5.56 Å². The Morgan fingerprint density at radius 3 is 2.65 bits per heavy atom. The second kappa shape index (κ2) is 6.48. The maximum absolute atomic E-state index is 12.5. The minimum absolute atomic E-state index is 0.0830. The zero-order valence-electron chi connectivity index (χ0n) is 12.0. The normalized spacial score (nSPS) is 12.3. The number of rotatable bonds is 5. The van der Waals surface area contributed by atoms with Gasteiger partial charge in [0.25, 0.3) is 5.56 Å². The number of aryl methyl sites for hydroxylation is 2. The van der Waals surface area contributed by atoms with E-state index in [1.807, 2.05) is 37.3 Å². The van der Waals surface area contributed by atoms with E-state index in [0.29, 0.717) is 12.1 Å². The Labute approximate surface area is 119 Å². The van der Waals surface area contributed by atoms with E-state index < -0.39 is 6.04 Å². The van der Waals surface area contributed by atoms with Crippen LogP contribution in [0.3, 0.4) is 0 Å². The first-order valence-corrected chi connectivity index (χ1v) is 7.02. The summed E-state index contributed by atoms with van der Waals surface area (Å²) in [6.45, 7) is 4.63. The van der Waals surface area contributed by atoms with Crippen LogP contribution in [0.5, 0.6) is 0 Å². The highest BCUT2D eigenvalue weighted by Crippen LogP contribution is 2.16. The predicted octanol–water partition coefficient (Wildman–Crippen LogP) is 2.40. The Balaban J connectivity index is 2.41. The fraction of sp³-hybridized carbons (Fsp3) is 0.375. The third-order valence-corrected chi connectivity index (χ3v) is 3.34. The minimum atomic E-state index is -0.404. The van der Waals surface area contributed by atoms with Crippen molar-refractivity contribution in [2.24, 2.45) is 5.73 Å². The summed E-state index contributed by atoms with van der Waals surface area (Å²) in [6, 6.07) is 11.1. The molecule has 2 aromatic rings. The van der Waals surface area contributed by atoms with Crippen LogP contribution in [0, 0.1) is 6.92 Å². The van der Waals surface area contributed by atoms with Gasteiger partial charge < -0.3 is 5.73 Å². The van der Waals surface area contributed by atoms with E-state index in [9.17, 15) is 4.79 Å². The molecule has 4 nitrogen and oxygen atoms in total. The Morgan fingerprint density at radius 1 is 1.30 bits per heavy atom. The molecular formula is C16H21N3O. The number of nitrogens with two attached hydrogens (primary N) is 1. The molecule has 20 heavy (non-hydrogen) atoms. The summed E-state index contributed by atoms with van der Waals surface area (Å²) in [5, 5.41) is 4.30. The van der Waals surface area contributed by atoms with E-state index in [0.717, 1.165) is 24.1 Å². The van der Waals surface area contributed by atoms with Crippen molar-refractivity contribution in [1.29, 1.82) is 0 Å². The molecule has 106 valence electrons. The third-order valence-electron chi connectivity index (χ3n) is 3.34. The molecule has 0 aliphatic rings. The summed E-state index contributed by atoms with van der Waals surface area (Å²) in [7, 11) is 0. The van der Waals surface area contributed by atoms with Gasteiger partial charge in [0.15, 0.2) is 0 Å². The third kappa shape index (κ3) is 3.14. The molecule has 0 spiro atoms. The molecule has 1 atom stereocenters. The van der Waals surface area contributed by atoms with Gasteiger partial charge in [0.05, 0.1) is 11.7 Å². The van der Waals surface area contributed by atoms with Crippen molar-refractivity contribution in [2.75, 3.05) is 0 Å². The number of hydrogen-bond acceptors (Lipinski definition) is 3. The van der Waals surface area contributed by atoms with Crippen LogP contribution in [0.2, 0.25) is 0 Å². The summed E-state index contributed by atoms with van der Waals surface area (Å²) in [6.07, 6.45) is 1.97. The van der Waals surface area contributed by atoms with Crippen LogP contribution in [0.4, 0.5) is 0 Å². The molecule has 0 radical (unpaired) electrons. The minimum Gasteiger partial charge on any atom is -0.320 e. The molecule has 4 heteroatoms. The fourth-order valence-electron chi connectivity index (χ4n) is 2.22. The second-order valence-corrected chi connectivity index (χ2v) is 5.01. The first kappa shape index (κ1) is 14.5. The quantitative estimate of drug-likeness (QED) is 0.908. The summed E-state index contributed by atoms with van der Waals surface area (Å²) >= 11 is 0. The van der Waals surface area contributed by atoms with Crippen LogP contribution < -0.4 is 11.3 Å². The Bertz CT molecular complexity index is 619. The Kier molecular flexibility index (Phi) is 4.69. The van der Waals surface area contributed by atoms with Gasteiger partial charge in [-0.2, -0.15) is 5.10 Å². The standard InChI is InChI=1S/C16H21N3O/c1-3-4-10-19-16(20)14(11-12(2)18-19)15(17)13-8-6-5-7-9-13/h5-9,11,15H,3-4,10,17H2,1-2H3. The zero-order chi connectivity index (χ0) is 14.5. The number of benzene rings is 1. The molecule has 0 aliphatic carbocycles. The maximum Gasteiger partial charge on any atom is 0.271 e. The van der Waals surface area contributed by atoms with Gasteiger partial charge in [0, 0.05) is 12.1 Å². The van der Waals surface area contributed by atoms with Gasteiger partial charge in [0.2, 0.25) is 0 Å². The lowest BCUT2D eigenvalue weighted by Crippen LogP contribution is -2.31. The van der Waals surface area contributed by atoms with Crippen LogP contribution in [0.25, 0.3) is 0 Å². The van der Waals surface area contributed by atoms with Crippen molar-refractivity contribution in [2.45, 2.75) is 39.3 Å². The van der Waals surface area contributed by atoms with Crippen molar-refractivity contribution in [3.05, 3.63) is 63.6 Å². The van der Waals surface area contributed by atoms with Gasteiger partial charge in [-0.05, 0) is 25.0 Å². The van der Waals surface area contributed by atoms with Gasteiger partial charge in [-0.15, -0.1) is 0 Å². The van der Waals surface area contributed by atoms with Gasteiger partial charge in [0.1, 0.15) is 0 Å². The molecule has 0 saturated carbocycles. The first-order valence-electron chi connectivity index (χ1n) is 7.02. The van der Waals surface area contributed by atoms with Crippen LogP contribution >= 0.6 is 0 Å². The lowest BCUT2D eigenvalue weighted by molar-refractivity contribution is 0.529. The van der Waals surface area contributed by atoms with Crippen molar-refractivity contribution < 1.29 is 0 Å². The predicted molar refractivity (Wildman–Crippen MR) is 80.6 cm³/mol. The maximum atomic E-state index is 12.5. The molecule has 0 aliphatic heterocycles. The van der Waals surface area contributed by atoms with Gasteiger partial charge in [-0.1, -0.05) is 43.7 Å². The lowest BCUT2D eigenvalue weighted by Gasteiger charge is -2.14. The molecule has 2 rings (SSSR count). The van der Waals surface area contributed by atoms with E-state index in [1.165, 1.54) is 4.68 Å². The summed E-state index contributed by atoms with van der Waals surface area (Å²) < 4.78 is 1.54. The van der Waals surface area contributed by atoms with E-state index in [2.05, 4.69) is 12.0 Å². The number of aromatic nitrogens is 2. The second-order valence-electron chi connectivity index (χ2n) is 5.01. The fourth-order valence-corrected chi connectivity index (χ4v) is 2.22. The average molecular weight is 271 g/mol. The van der Waals surface area contributed by atoms with Crippen LogP contribution in [0.1, 0.15) is 42.6 Å². The highest BCUT2D eigenvalue weighted by atomic mass is 16.1. The van der Waals surface area contributed by atoms with Crippen molar-refractivity contribution in [1.82, 2.24) is 9.78 Å². The molecule has 1 aromatic carbocycles. The Hall–Kier alpha value is -1.94. The molecule has 0 amide bonds. The molecule has 1 aromatic heterocycles. The van der Waals surface area contributed by atoms with E-state index >= 15 is 0 Å². The highest BCUT2D eigenvalue weighted by Gasteiger charge is 2.15. The van der Waals surface area contributed by atoms with Crippen molar-refractivity contribution in [3.8, 4) is 0 Å². The zero-order valence-corrected chi connectivity index (χ0v) is 12.0. The van der Waals surface area contributed by atoms with E-state index in [1.54, 1.807) is 6.07 Å². The van der Waals surface area contributed by atoms with Crippen LogP contribution in [-0.4, -0.2) is 9.78 Å². The first-order chi connectivity index (χ1) is 9.63. The number of unbranched alkanes of at least 4 members (excludes halogenated alkanes) is 1. The van der Waals surface area contributed by atoms with Gasteiger partial charge in [-0.3, -0.25) is 4.79 Å². The van der Waals surface area contributed by atoms with Crippen molar-refractivity contribution in [3.63, 3.8) is 0 Å². The molecule has 0 bridgehead atoms. The largest absolute Gasteiger partial charge is 0.320 e. The topological polar surface area (TPSA) is 60.9 Å². The molecule has 0 fully saturated rings. The number of hydrogen-bond donors (Lipinski definition) is 1. The molecule has 0 saturated heterocycles. The number of nitrogens with zero attached hydrogens (tertiary/aromatic N) is 2. The molecule has 2 N–H and O–H groups in total. The molecule has 1 unspecified atom stereocenters. The van der Waals surface area contributed by atoms with E-state index in [4.69, 9.17) is 5.73 Å².